The third-order valence-electron chi connectivity index (χ3n) is 13.0. The molecular weight excluding hydrogens is 899 g/mol. The molecule has 0 heterocycles. The Hall–Kier alpha value is -3.25. The molecule has 0 rings (SSSR count). The molecule has 0 fully saturated rings. The number of carbonyl (C=O) groups is 5. The first kappa shape index (κ1) is 67.8. The number of aliphatic hydroxyl groups is 1. The van der Waals surface area contributed by atoms with Gasteiger partial charge in [0.2, 0.25) is 0 Å². The number of nitrogens with zero attached hydrogens (tertiary/aromatic N) is 1. The molecule has 414 valence electrons. The van der Waals surface area contributed by atoms with Gasteiger partial charge in [0.05, 0.1) is 25.7 Å². The third kappa shape index (κ3) is 46.3. The van der Waals surface area contributed by atoms with Crippen LogP contribution in [0.1, 0.15) is 253 Å². The second-order valence-electron chi connectivity index (χ2n) is 19.9. The van der Waals surface area contributed by atoms with Crippen LogP contribution in [0.5, 0.6) is 0 Å². The standard InChI is InChI=1S/C59H107NO11/c1-6-10-13-16-17-18-19-20-21-22-23-24-25-28-33-41-57(64)69-49-54(50-70-58(65)42-34-29-30-35-44-60(45-46-61)52(5)37-9-4)51-71-59(66)43-36-38-53(47-67-55(62)39-31-26-14-11-7-2)48-68-56(63)40-32-27-15-12-8-3/h17-18,20-21,52-54,61H,6-16,19,22-51H2,1-5H3/b18-17-,21-20-. The molecule has 0 aliphatic rings. The maximum absolute atomic E-state index is 13.0. The van der Waals surface area contributed by atoms with Crippen molar-refractivity contribution < 1.29 is 52.8 Å². The van der Waals surface area contributed by atoms with E-state index < -0.39 is 11.9 Å². The van der Waals surface area contributed by atoms with Gasteiger partial charge in [-0.2, -0.15) is 0 Å². The molecule has 2 unspecified atom stereocenters. The maximum Gasteiger partial charge on any atom is 0.305 e. The molecule has 0 aromatic heterocycles. The lowest BCUT2D eigenvalue weighted by molar-refractivity contribution is -0.155. The van der Waals surface area contributed by atoms with Gasteiger partial charge >= 0.3 is 29.8 Å². The fourth-order valence-corrected chi connectivity index (χ4v) is 8.35. The molecule has 0 amide bonds. The topological polar surface area (TPSA) is 155 Å². The lowest BCUT2D eigenvalue weighted by Gasteiger charge is -2.28. The summed E-state index contributed by atoms with van der Waals surface area (Å²) in [4.78, 5) is 66.0. The first-order valence-corrected chi connectivity index (χ1v) is 29.0. The quantitative estimate of drug-likeness (QED) is 0.0267. The minimum atomic E-state index is -0.519. The van der Waals surface area contributed by atoms with Crippen LogP contribution in [0.3, 0.4) is 0 Å². The normalized spacial score (nSPS) is 12.5. The van der Waals surface area contributed by atoms with Crippen LogP contribution in [0.4, 0.5) is 0 Å². The molecule has 0 aromatic rings. The summed E-state index contributed by atoms with van der Waals surface area (Å²) in [6.07, 6.45) is 39.4. The maximum atomic E-state index is 13.0. The Balaban J connectivity index is 5.13. The predicted octanol–water partition coefficient (Wildman–Crippen LogP) is 14.1. The van der Waals surface area contributed by atoms with Crippen molar-refractivity contribution in [1.82, 2.24) is 4.90 Å². The number of hydrogen-bond donors (Lipinski definition) is 1. The van der Waals surface area contributed by atoms with Crippen molar-refractivity contribution in [2.45, 2.75) is 259 Å². The zero-order chi connectivity index (χ0) is 52.3. The second kappa shape index (κ2) is 51.6. The number of carbonyl (C=O) groups excluding carboxylic acids is 5. The van der Waals surface area contributed by atoms with Gasteiger partial charge < -0.3 is 28.8 Å². The molecule has 0 saturated carbocycles. The molecule has 0 aliphatic heterocycles. The van der Waals surface area contributed by atoms with Gasteiger partial charge in [-0.3, -0.25) is 28.9 Å². The van der Waals surface area contributed by atoms with E-state index in [-0.39, 0.29) is 82.3 Å². The van der Waals surface area contributed by atoms with Gasteiger partial charge in [0.1, 0.15) is 19.8 Å². The first-order valence-electron chi connectivity index (χ1n) is 29.0. The second-order valence-corrected chi connectivity index (χ2v) is 19.9. The van der Waals surface area contributed by atoms with Crippen LogP contribution in [-0.2, 0) is 47.7 Å². The number of unbranched alkanes of at least 4 members (excludes halogenated alkanes) is 19. The zero-order valence-electron chi connectivity index (χ0n) is 46.2. The average molecular weight is 1010 g/mol. The van der Waals surface area contributed by atoms with Crippen molar-refractivity contribution in [2.75, 3.05) is 52.7 Å². The Kier molecular flexibility index (Phi) is 49.3. The summed E-state index contributed by atoms with van der Waals surface area (Å²) >= 11 is 0. The Morgan fingerprint density at radius 3 is 1.17 bits per heavy atom. The highest BCUT2D eigenvalue weighted by atomic mass is 16.6. The third-order valence-corrected chi connectivity index (χ3v) is 13.0. The van der Waals surface area contributed by atoms with Gasteiger partial charge in [0.15, 0.2) is 0 Å². The van der Waals surface area contributed by atoms with Gasteiger partial charge in [-0.25, -0.2) is 0 Å². The Morgan fingerprint density at radius 1 is 0.394 bits per heavy atom. The fourth-order valence-electron chi connectivity index (χ4n) is 8.35. The zero-order valence-corrected chi connectivity index (χ0v) is 46.2. The van der Waals surface area contributed by atoms with Gasteiger partial charge in [0, 0.05) is 50.6 Å². The lowest BCUT2D eigenvalue weighted by Crippen LogP contribution is -2.36. The summed E-state index contributed by atoms with van der Waals surface area (Å²) in [5.74, 6) is -2.39. The van der Waals surface area contributed by atoms with Crippen LogP contribution >= 0.6 is 0 Å². The summed E-state index contributed by atoms with van der Waals surface area (Å²) in [5.41, 5.74) is 0. The number of aliphatic hydroxyl groups excluding tert-OH is 1. The summed E-state index contributed by atoms with van der Waals surface area (Å²) in [5, 5.41) is 9.49. The van der Waals surface area contributed by atoms with Crippen LogP contribution in [0.25, 0.3) is 0 Å². The fraction of sp³-hybridized carbons (Fsp3) is 0.847. The van der Waals surface area contributed by atoms with E-state index in [1.165, 1.54) is 25.7 Å². The number of esters is 5. The highest BCUT2D eigenvalue weighted by Crippen LogP contribution is 2.16. The molecule has 1 N–H and O–H groups in total. The van der Waals surface area contributed by atoms with Crippen molar-refractivity contribution in [3.8, 4) is 0 Å². The molecule has 0 aromatic carbocycles. The predicted molar refractivity (Wildman–Crippen MR) is 288 cm³/mol. The summed E-state index contributed by atoms with van der Waals surface area (Å²) < 4.78 is 28.1. The number of hydrogen-bond acceptors (Lipinski definition) is 12. The minimum Gasteiger partial charge on any atom is -0.465 e. The van der Waals surface area contributed by atoms with E-state index in [0.29, 0.717) is 51.1 Å². The molecule has 2 atom stereocenters. The highest BCUT2D eigenvalue weighted by molar-refractivity contribution is 5.71. The van der Waals surface area contributed by atoms with Gasteiger partial charge in [-0.1, -0.05) is 155 Å². The van der Waals surface area contributed by atoms with Gasteiger partial charge in [-0.15, -0.1) is 0 Å². The minimum absolute atomic E-state index is 0.0313. The van der Waals surface area contributed by atoms with Gasteiger partial charge in [-0.05, 0) is 96.9 Å². The van der Waals surface area contributed by atoms with E-state index >= 15 is 0 Å². The summed E-state index contributed by atoms with van der Waals surface area (Å²) in [6, 6.07) is 0.432. The van der Waals surface area contributed by atoms with E-state index in [2.05, 4.69) is 63.8 Å². The number of allylic oxidation sites excluding steroid dienone is 4. The molecule has 12 nitrogen and oxygen atoms in total. The van der Waals surface area contributed by atoms with Crippen molar-refractivity contribution >= 4 is 29.8 Å². The smallest absolute Gasteiger partial charge is 0.305 e. The van der Waals surface area contributed by atoms with E-state index in [4.69, 9.17) is 23.7 Å². The average Bonchev–Trinajstić information content (AvgIpc) is 3.36. The van der Waals surface area contributed by atoms with Crippen molar-refractivity contribution in [2.24, 2.45) is 11.8 Å². The molecule has 12 heteroatoms. The summed E-state index contributed by atoms with van der Waals surface area (Å²) in [6.45, 7) is 12.7. The molecule has 71 heavy (non-hydrogen) atoms. The molecular formula is C59H107NO11. The monoisotopic (exact) mass is 1010 g/mol. The van der Waals surface area contributed by atoms with Crippen LogP contribution in [0, 0.1) is 11.8 Å². The van der Waals surface area contributed by atoms with Crippen LogP contribution < -0.4 is 0 Å². The molecule has 0 radical (unpaired) electrons. The van der Waals surface area contributed by atoms with Crippen LogP contribution in [-0.4, -0.2) is 98.6 Å². The number of ether oxygens (including phenoxy) is 5. The molecule has 0 saturated heterocycles. The van der Waals surface area contributed by atoms with E-state index in [1.54, 1.807) is 0 Å². The van der Waals surface area contributed by atoms with Gasteiger partial charge in [0.25, 0.3) is 0 Å². The number of rotatable bonds is 52. The summed E-state index contributed by atoms with van der Waals surface area (Å²) in [7, 11) is 0. The Morgan fingerprint density at radius 2 is 0.746 bits per heavy atom. The molecule has 0 spiro atoms. The van der Waals surface area contributed by atoms with Crippen LogP contribution in [0.15, 0.2) is 24.3 Å². The molecule has 0 bridgehead atoms. The Labute approximate surface area is 433 Å². The highest BCUT2D eigenvalue weighted by Gasteiger charge is 2.20. The van der Waals surface area contributed by atoms with Crippen LogP contribution in [0.2, 0.25) is 0 Å². The van der Waals surface area contributed by atoms with Crippen molar-refractivity contribution in [1.29, 1.82) is 0 Å². The molecule has 0 aliphatic carbocycles. The Bertz CT molecular complexity index is 1310. The van der Waals surface area contributed by atoms with E-state index in [9.17, 15) is 29.1 Å². The van der Waals surface area contributed by atoms with Crippen molar-refractivity contribution in [3.05, 3.63) is 24.3 Å². The lowest BCUT2D eigenvalue weighted by atomic mass is 10.0. The van der Waals surface area contributed by atoms with Crippen molar-refractivity contribution in [3.63, 3.8) is 0 Å². The SMILES string of the molecule is CCCCC/C=C\C/C=C\CCCCCCCC(=O)OCC(COC(=O)CCCCCCN(CCO)C(C)CCC)COC(=O)CCCC(COC(=O)CCCCCCC)COC(=O)CCCCCCC. The van der Waals surface area contributed by atoms with E-state index in [1.807, 2.05) is 0 Å². The largest absolute Gasteiger partial charge is 0.465 e. The van der Waals surface area contributed by atoms with E-state index in [0.717, 1.165) is 148 Å². The first-order chi connectivity index (χ1) is 34.6.